The summed E-state index contributed by atoms with van der Waals surface area (Å²) in [5.41, 5.74) is 1.73. The average molecular weight is 272 g/mol. The highest BCUT2D eigenvalue weighted by Gasteiger charge is 2.35. The second kappa shape index (κ2) is 5.72. The number of nitriles is 1. The van der Waals surface area contributed by atoms with Gasteiger partial charge in [-0.3, -0.25) is 9.69 Å². The standard InChI is InChI=1S/C14H16N4O2/c1-4-20-14-17(3)13(19)12(9-15)16-18(14)11-7-5-10(2)6-8-11/h5-8,14H,4H2,1-3H3/t14-/m0/s1. The highest BCUT2D eigenvalue weighted by atomic mass is 16.5. The molecule has 1 aliphatic heterocycles. The van der Waals surface area contributed by atoms with Crippen LogP contribution in [0.3, 0.4) is 0 Å². The zero-order valence-electron chi connectivity index (χ0n) is 11.7. The Morgan fingerprint density at radius 1 is 1.40 bits per heavy atom. The van der Waals surface area contributed by atoms with Crippen molar-refractivity contribution in [2.75, 3.05) is 18.7 Å². The number of nitrogens with zero attached hydrogens (tertiary/aromatic N) is 4. The summed E-state index contributed by atoms with van der Waals surface area (Å²) in [5.74, 6) is -0.436. The molecule has 6 nitrogen and oxygen atoms in total. The first-order chi connectivity index (χ1) is 9.58. The van der Waals surface area contributed by atoms with Crippen molar-refractivity contribution in [1.29, 1.82) is 5.26 Å². The summed E-state index contributed by atoms with van der Waals surface area (Å²) < 4.78 is 5.57. The van der Waals surface area contributed by atoms with Crippen LogP contribution in [0.25, 0.3) is 0 Å². The van der Waals surface area contributed by atoms with E-state index in [4.69, 9.17) is 10.00 Å². The smallest absolute Gasteiger partial charge is 0.288 e. The van der Waals surface area contributed by atoms with Gasteiger partial charge in [-0.1, -0.05) is 17.7 Å². The Labute approximate surface area is 117 Å². The zero-order chi connectivity index (χ0) is 14.7. The molecule has 0 aliphatic carbocycles. The van der Waals surface area contributed by atoms with Crippen molar-refractivity contribution in [2.24, 2.45) is 5.10 Å². The molecule has 0 saturated carbocycles. The Balaban J connectivity index is 2.45. The molecule has 1 aliphatic rings. The van der Waals surface area contributed by atoms with Gasteiger partial charge in [-0.25, -0.2) is 5.01 Å². The normalized spacial score (nSPS) is 18.8. The number of amides is 1. The van der Waals surface area contributed by atoms with E-state index in [0.717, 1.165) is 11.3 Å². The predicted octanol–water partition coefficient (Wildman–Crippen LogP) is 1.47. The second-order valence-corrected chi connectivity index (χ2v) is 4.44. The fourth-order valence-corrected chi connectivity index (χ4v) is 1.92. The van der Waals surface area contributed by atoms with E-state index in [0.29, 0.717) is 6.61 Å². The highest BCUT2D eigenvalue weighted by Crippen LogP contribution is 2.23. The summed E-state index contributed by atoms with van der Waals surface area (Å²) in [6, 6.07) is 9.46. The Morgan fingerprint density at radius 3 is 2.60 bits per heavy atom. The number of hydrogen-bond donors (Lipinski definition) is 0. The lowest BCUT2D eigenvalue weighted by molar-refractivity contribution is -0.137. The van der Waals surface area contributed by atoms with Crippen molar-refractivity contribution in [3.63, 3.8) is 0 Å². The number of aryl methyl sites for hydroxylation is 1. The van der Waals surface area contributed by atoms with Gasteiger partial charge in [-0.2, -0.15) is 10.4 Å². The average Bonchev–Trinajstić information content (AvgIpc) is 2.45. The van der Waals surface area contributed by atoms with Crippen LogP contribution in [0.15, 0.2) is 29.4 Å². The predicted molar refractivity (Wildman–Crippen MR) is 74.9 cm³/mol. The van der Waals surface area contributed by atoms with Crippen molar-refractivity contribution in [3.05, 3.63) is 29.8 Å². The van der Waals surface area contributed by atoms with Gasteiger partial charge >= 0.3 is 0 Å². The summed E-state index contributed by atoms with van der Waals surface area (Å²) in [7, 11) is 1.59. The number of carbonyl (C=O) groups excluding carboxylic acids is 1. The van der Waals surface area contributed by atoms with Gasteiger partial charge < -0.3 is 4.74 Å². The van der Waals surface area contributed by atoms with Crippen molar-refractivity contribution >= 4 is 17.3 Å². The number of benzene rings is 1. The lowest BCUT2D eigenvalue weighted by Crippen LogP contribution is -2.55. The molecule has 2 rings (SSSR count). The molecule has 1 aromatic rings. The number of anilines is 1. The molecule has 1 aromatic carbocycles. The van der Waals surface area contributed by atoms with Gasteiger partial charge in [0.15, 0.2) is 0 Å². The molecule has 0 unspecified atom stereocenters. The molecule has 104 valence electrons. The molecule has 0 N–H and O–H groups in total. The van der Waals surface area contributed by atoms with Crippen LogP contribution in [0.1, 0.15) is 12.5 Å². The van der Waals surface area contributed by atoms with E-state index in [1.807, 2.05) is 44.2 Å². The van der Waals surface area contributed by atoms with Crippen LogP contribution >= 0.6 is 0 Å². The summed E-state index contributed by atoms with van der Waals surface area (Å²) in [6.07, 6.45) is -0.646. The van der Waals surface area contributed by atoms with Crippen molar-refractivity contribution < 1.29 is 9.53 Å². The monoisotopic (exact) mass is 272 g/mol. The Kier molecular flexibility index (Phi) is 4.01. The van der Waals surface area contributed by atoms with Gasteiger partial charge in [-0.05, 0) is 26.0 Å². The number of ether oxygens (including phenoxy) is 1. The number of carbonyl (C=O) groups is 1. The summed E-state index contributed by atoms with van der Waals surface area (Å²) in [5, 5.41) is 14.7. The van der Waals surface area contributed by atoms with Crippen LogP contribution in [0.5, 0.6) is 0 Å². The molecule has 20 heavy (non-hydrogen) atoms. The van der Waals surface area contributed by atoms with Gasteiger partial charge in [-0.15, -0.1) is 0 Å². The molecule has 0 radical (unpaired) electrons. The van der Waals surface area contributed by atoms with Crippen molar-refractivity contribution in [3.8, 4) is 6.07 Å². The minimum Gasteiger partial charge on any atom is -0.339 e. The molecule has 0 aromatic heterocycles. The maximum Gasteiger partial charge on any atom is 0.288 e. The minimum atomic E-state index is -0.646. The van der Waals surface area contributed by atoms with Crippen LogP contribution in [-0.4, -0.2) is 36.5 Å². The first-order valence-corrected chi connectivity index (χ1v) is 6.32. The van der Waals surface area contributed by atoms with E-state index in [2.05, 4.69) is 5.10 Å². The maximum absolute atomic E-state index is 11.9. The van der Waals surface area contributed by atoms with E-state index < -0.39 is 12.3 Å². The van der Waals surface area contributed by atoms with Crippen LogP contribution in [0.4, 0.5) is 5.69 Å². The maximum atomic E-state index is 11.9. The summed E-state index contributed by atoms with van der Waals surface area (Å²) in [4.78, 5) is 13.3. The Morgan fingerprint density at radius 2 is 2.05 bits per heavy atom. The third kappa shape index (κ3) is 2.49. The zero-order valence-corrected chi connectivity index (χ0v) is 11.7. The molecular weight excluding hydrogens is 256 g/mol. The minimum absolute atomic E-state index is 0.149. The molecular formula is C14H16N4O2. The van der Waals surface area contributed by atoms with Gasteiger partial charge in [0.1, 0.15) is 6.07 Å². The SMILES string of the molecule is CCO[C@H]1N(C)C(=O)C(C#N)=NN1c1ccc(C)cc1. The lowest BCUT2D eigenvalue weighted by atomic mass is 10.2. The van der Waals surface area contributed by atoms with Crippen LogP contribution in [0, 0.1) is 18.3 Å². The molecule has 0 fully saturated rings. The van der Waals surface area contributed by atoms with E-state index in [9.17, 15) is 4.79 Å². The van der Waals surface area contributed by atoms with Gasteiger partial charge in [0.2, 0.25) is 12.1 Å². The number of hydrazone groups is 1. The van der Waals surface area contributed by atoms with Crippen molar-refractivity contribution in [1.82, 2.24) is 4.90 Å². The van der Waals surface area contributed by atoms with E-state index in [1.54, 1.807) is 12.1 Å². The van der Waals surface area contributed by atoms with Gasteiger partial charge in [0, 0.05) is 13.7 Å². The van der Waals surface area contributed by atoms with Crippen LogP contribution < -0.4 is 5.01 Å². The van der Waals surface area contributed by atoms with E-state index >= 15 is 0 Å². The highest BCUT2D eigenvalue weighted by molar-refractivity contribution is 6.45. The number of hydrogen-bond acceptors (Lipinski definition) is 5. The van der Waals surface area contributed by atoms with Gasteiger partial charge in [0.25, 0.3) is 5.91 Å². The first kappa shape index (κ1) is 14.0. The molecule has 1 amide bonds. The molecule has 6 heteroatoms. The van der Waals surface area contributed by atoms with Crippen LogP contribution in [-0.2, 0) is 9.53 Å². The third-order valence-electron chi connectivity index (χ3n) is 2.99. The van der Waals surface area contributed by atoms with Crippen LogP contribution in [0.2, 0.25) is 0 Å². The largest absolute Gasteiger partial charge is 0.339 e. The molecule has 0 saturated heterocycles. The van der Waals surface area contributed by atoms with Gasteiger partial charge in [0.05, 0.1) is 5.69 Å². The first-order valence-electron chi connectivity index (χ1n) is 6.32. The summed E-state index contributed by atoms with van der Waals surface area (Å²) in [6.45, 7) is 4.26. The lowest BCUT2D eigenvalue weighted by Gasteiger charge is -2.38. The van der Waals surface area contributed by atoms with E-state index in [1.165, 1.54) is 4.90 Å². The molecule has 0 bridgehead atoms. The Bertz CT molecular complexity index is 574. The number of rotatable bonds is 3. The quantitative estimate of drug-likeness (QED) is 0.835. The molecule has 1 atom stereocenters. The third-order valence-corrected chi connectivity index (χ3v) is 2.99. The Hall–Kier alpha value is -2.39. The second-order valence-electron chi connectivity index (χ2n) is 4.44. The summed E-state index contributed by atoms with van der Waals surface area (Å²) >= 11 is 0. The fourth-order valence-electron chi connectivity index (χ4n) is 1.92. The van der Waals surface area contributed by atoms with Crippen molar-refractivity contribution in [2.45, 2.75) is 20.2 Å². The molecule has 1 heterocycles. The molecule has 0 spiro atoms. The topological polar surface area (TPSA) is 68.9 Å². The van der Waals surface area contributed by atoms with E-state index in [-0.39, 0.29) is 5.71 Å². The fraction of sp³-hybridized carbons (Fsp3) is 0.357.